The number of ether oxygens (including phenoxy) is 2. The highest BCUT2D eigenvalue weighted by molar-refractivity contribution is 6.30. The maximum atomic E-state index is 11.4. The first-order valence-corrected chi connectivity index (χ1v) is 8.03. The Hall–Kier alpha value is -2.84. The minimum atomic E-state index is -0.547. The quantitative estimate of drug-likeness (QED) is 0.300. The topological polar surface area (TPSA) is 106 Å². The molecule has 0 radical (unpaired) electrons. The molecule has 0 saturated heterocycles. The average molecular weight is 380 g/mol. The molecule has 0 atom stereocenters. The van der Waals surface area contributed by atoms with Gasteiger partial charge in [-0.3, -0.25) is 10.1 Å². The third-order valence-electron chi connectivity index (χ3n) is 3.27. The summed E-state index contributed by atoms with van der Waals surface area (Å²) in [6, 6.07) is 9.93. The van der Waals surface area contributed by atoms with Crippen LogP contribution in [0.3, 0.4) is 0 Å². The van der Waals surface area contributed by atoms with Gasteiger partial charge in [0.1, 0.15) is 6.61 Å². The fraction of sp³-hybridized carbons (Fsp3) is 0.235. The van der Waals surface area contributed by atoms with E-state index in [1.807, 2.05) is 0 Å². The van der Waals surface area contributed by atoms with Gasteiger partial charge in [0.25, 0.3) is 0 Å². The highest BCUT2D eigenvalue weighted by atomic mass is 35.5. The number of nitrogens with zero attached hydrogens (tertiary/aromatic N) is 2. The van der Waals surface area contributed by atoms with Gasteiger partial charge < -0.3 is 20.0 Å². The maximum Gasteiger partial charge on any atom is 0.315 e. The van der Waals surface area contributed by atoms with Crippen LogP contribution in [0.4, 0.5) is 5.69 Å². The number of nitro benzene ring substituents is 1. The van der Waals surface area contributed by atoms with Crippen molar-refractivity contribution in [2.75, 3.05) is 20.3 Å². The largest absolute Gasteiger partial charge is 0.493 e. The first-order chi connectivity index (χ1) is 12.5. The molecule has 2 aromatic carbocycles. The Kier molecular flexibility index (Phi) is 7.19. The predicted molar refractivity (Wildman–Crippen MR) is 98.1 cm³/mol. The smallest absolute Gasteiger partial charge is 0.315 e. The van der Waals surface area contributed by atoms with Gasteiger partial charge >= 0.3 is 5.69 Å². The fourth-order valence-electron chi connectivity index (χ4n) is 2.13. The molecule has 9 heteroatoms. The van der Waals surface area contributed by atoms with Crippen molar-refractivity contribution < 1.29 is 19.5 Å². The van der Waals surface area contributed by atoms with E-state index < -0.39 is 4.92 Å². The number of aliphatic hydroxyl groups is 1. The highest BCUT2D eigenvalue weighted by Crippen LogP contribution is 2.38. The summed E-state index contributed by atoms with van der Waals surface area (Å²) >= 11 is 5.93. The summed E-state index contributed by atoms with van der Waals surface area (Å²) in [5.74, 6) is 0.239. The SMILES string of the molecule is COc1cc(C=NNCCO)cc([N+](=O)[O-])c1OCc1cccc(Cl)c1. The Morgan fingerprint density at radius 2 is 2.19 bits per heavy atom. The summed E-state index contributed by atoms with van der Waals surface area (Å²) in [6.45, 7) is 0.302. The van der Waals surface area contributed by atoms with Crippen molar-refractivity contribution in [2.24, 2.45) is 5.10 Å². The van der Waals surface area contributed by atoms with Gasteiger partial charge in [0.15, 0.2) is 5.75 Å². The standard InChI is InChI=1S/C17H18ClN3O5/c1-25-16-9-13(10-20-19-5-6-22)8-15(21(23)24)17(16)26-11-12-3-2-4-14(18)7-12/h2-4,7-10,19,22H,5-6,11H2,1H3. The second kappa shape index (κ2) is 9.59. The lowest BCUT2D eigenvalue weighted by Crippen LogP contribution is -2.11. The van der Waals surface area contributed by atoms with Crippen molar-refractivity contribution >= 4 is 23.5 Å². The molecule has 2 N–H and O–H groups in total. The number of aliphatic hydroxyl groups excluding tert-OH is 1. The molecule has 0 saturated carbocycles. The van der Waals surface area contributed by atoms with Crippen molar-refractivity contribution in [1.29, 1.82) is 0 Å². The van der Waals surface area contributed by atoms with E-state index in [-0.39, 0.29) is 36.9 Å². The molecule has 0 unspecified atom stereocenters. The fourth-order valence-corrected chi connectivity index (χ4v) is 2.34. The second-order valence-corrected chi connectivity index (χ2v) is 5.57. The van der Waals surface area contributed by atoms with Crippen molar-refractivity contribution in [3.63, 3.8) is 0 Å². The number of rotatable bonds is 9. The van der Waals surface area contributed by atoms with Crippen molar-refractivity contribution in [3.05, 3.63) is 62.7 Å². The van der Waals surface area contributed by atoms with Crippen LogP contribution in [0.25, 0.3) is 0 Å². The molecule has 0 aromatic heterocycles. The van der Waals surface area contributed by atoms with Crippen molar-refractivity contribution in [2.45, 2.75) is 6.61 Å². The average Bonchev–Trinajstić information content (AvgIpc) is 2.63. The van der Waals surface area contributed by atoms with Crippen LogP contribution in [-0.4, -0.2) is 36.5 Å². The molecule has 0 bridgehead atoms. The van der Waals surface area contributed by atoms with E-state index in [1.54, 1.807) is 30.3 Å². The Morgan fingerprint density at radius 1 is 1.38 bits per heavy atom. The van der Waals surface area contributed by atoms with Crippen LogP contribution in [-0.2, 0) is 6.61 Å². The minimum Gasteiger partial charge on any atom is -0.493 e. The first-order valence-electron chi connectivity index (χ1n) is 7.65. The van der Waals surface area contributed by atoms with Gasteiger partial charge in [-0.2, -0.15) is 5.10 Å². The van der Waals surface area contributed by atoms with E-state index in [0.29, 0.717) is 10.6 Å². The monoisotopic (exact) mass is 379 g/mol. The second-order valence-electron chi connectivity index (χ2n) is 5.14. The summed E-state index contributed by atoms with van der Waals surface area (Å²) in [5.41, 5.74) is 3.58. The molecule has 0 fully saturated rings. The molecule has 0 aliphatic heterocycles. The van der Waals surface area contributed by atoms with Crippen LogP contribution >= 0.6 is 11.6 Å². The van der Waals surface area contributed by atoms with Crippen LogP contribution in [0.1, 0.15) is 11.1 Å². The van der Waals surface area contributed by atoms with Gasteiger partial charge in [0.05, 0.1) is 31.4 Å². The minimum absolute atomic E-state index is 0.0259. The summed E-state index contributed by atoms with van der Waals surface area (Å²) in [7, 11) is 1.40. The maximum absolute atomic E-state index is 11.4. The Bertz CT molecular complexity index is 798. The van der Waals surface area contributed by atoms with Crippen LogP contribution in [0.2, 0.25) is 5.02 Å². The van der Waals surface area contributed by atoms with Crippen LogP contribution < -0.4 is 14.9 Å². The molecule has 2 rings (SSSR count). The molecule has 26 heavy (non-hydrogen) atoms. The number of nitrogens with one attached hydrogen (secondary N) is 1. The summed E-state index contributed by atoms with van der Waals surface area (Å²) in [4.78, 5) is 10.9. The molecular weight excluding hydrogens is 362 g/mol. The predicted octanol–water partition coefficient (Wildman–Crippen LogP) is 2.75. The Labute approximate surface area is 155 Å². The lowest BCUT2D eigenvalue weighted by molar-refractivity contribution is -0.386. The lowest BCUT2D eigenvalue weighted by atomic mass is 10.1. The van der Waals surface area contributed by atoms with Crippen molar-refractivity contribution in [3.8, 4) is 11.5 Å². The van der Waals surface area contributed by atoms with Crippen LogP contribution in [0.5, 0.6) is 11.5 Å². The zero-order valence-electron chi connectivity index (χ0n) is 14.0. The third kappa shape index (κ3) is 5.33. The number of benzene rings is 2. The van der Waals surface area contributed by atoms with Crippen molar-refractivity contribution in [1.82, 2.24) is 5.43 Å². The molecule has 2 aromatic rings. The van der Waals surface area contributed by atoms with E-state index in [9.17, 15) is 10.1 Å². The Balaban J connectivity index is 2.28. The molecule has 0 aliphatic rings. The normalized spacial score (nSPS) is 10.7. The number of nitro groups is 1. The first kappa shape index (κ1) is 19.5. The zero-order chi connectivity index (χ0) is 18.9. The van der Waals surface area contributed by atoms with Gasteiger partial charge in [-0.05, 0) is 23.8 Å². The number of hydrogen-bond acceptors (Lipinski definition) is 7. The molecule has 8 nitrogen and oxygen atoms in total. The Morgan fingerprint density at radius 3 is 2.85 bits per heavy atom. The molecular formula is C17H18ClN3O5. The molecule has 0 heterocycles. The number of hydrogen-bond donors (Lipinski definition) is 2. The highest BCUT2D eigenvalue weighted by Gasteiger charge is 2.22. The molecule has 0 amide bonds. The summed E-state index contributed by atoms with van der Waals surface area (Å²) in [6.07, 6.45) is 1.39. The van der Waals surface area contributed by atoms with E-state index in [0.717, 1.165) is 5.56 Å². The van der Waals surface area contributed by atoms with E-state index >= 15 is 0 Å². The molecule has 0 spiro atoms. The summed E-state index contributed by atoms with van der Waals surface area (Å²) < 4.78 is 10.9. The molecule has 138 valence electrons. The number of hydrazone groups is 1. The van der Waals surface area contributed by atoms with Crippen LogP contribution in [0, 0.1) is 10.1 Å². The van der Waals surface area contributed by atoms with Gasteiger partial charge in [-0.25, -0.2) is 0 Å². The number of methoxy groups -OCH3 is 1. The van der Waals surface area contributed by atoms with E-state index in [4.69, 9.17) is 26.2 Å². The van der Waals surface area contributed by atoms with Gasteiger partial charge in [-0.1, -0.05) is 23.7 Å². The van der Waals surface area contributed by atoms with E-state index in [2.05, 4.69) is 10.5 Å². The van der Waals surface area contributed by atoms with Gasteiger partial charge in [0.2, 0.25) is 5.75 Å². The van der Waals surface area contributed by atoms with E-state index in [1.165, 1.54) is 19.4 Å². The number of halogens is 1. The van der Waals surface area contributed by atoms with Gasteiger partial charge in [0, 0.05) is 16.7 Å². The van der Waals surface area contributed by atoms with Gasteiger partial charge in [-0.15, -0.1) is 0 Å². The summed E-state index contributed by atoms with van der Waals surface area (Å²) in [5, 5.41) is 24.6. The van der Waals surface area contributed by atoms with Crippen LogP contribution in [0.15, 0.2) is 41.5 Å². The molecule has 0 aliphatic carbocycles. The lowest BCUT2D eigenvalue weighted by Gasteiger charge is -2.12. The third-order valence-corrected chi connectivity index (χ3v) is 3.51. The zero-order valence-corrected chi connectivity index (χ0v) is 14.8.